The zero-order valence-electron chi connectivity index (χ0n) is 12.2. The van der Waals surface area contributed by atoms with Gasteiger partial charge in [0.15, 0.2) is 0 Å². The van der Waals surface area contributed by atoms with Crippen LogP contribution >= 0.6 is 11.8 Å². The number of carbonyl (C=O) groups excluding carboxylic acids is 2. The molecule has 2 aliphatic rings. The number of thioether (sulfide) groups is 1. The van der Waals surface area contributed by atoms with Crippen molar-refractivity contribution in [3.8, 4) is 0 Å². The van der Waals surface area contributed by atoms with E-state index in [0.717, 1.165) is 18.6 Å². The first-order valence-electron chi connectivity index (χ1n) is 7.02. The van der Waals surface area contributed by atoms with E-state index in [1.807, 2.05) is 44.4 Å². The van der Waals surface area contributed by atoms with E-state index < -0.39 is 6.04 Å². The number of piperazine rings is 1. The fourth-order valence-electron chi connectivity index (χ4n) is 2.82. The van der Waals surface area contributed by atoms with Gasteiger partial charge in [-0.15, -0.1) is 0 Å². The highest BCUT2D eigenvalue weighted by Crippen LogP contribution is 2.30. The van der Waals surface area contributed by atoms with Crippen molar-refractivity contribution in [1.82, 2.24) is 10.2 Å². The molecule has 5 heteroatoms. The van der Waals surface area contributed by atoms with Gasteiger partial charge in [-0.1, -0.05) is 20.8 Å². The van der Waals surface area contributed by atoms with Gasteiger partial charge in [0, 0.05) is 11.8 Å². The number of nitrogens with one attached hydrogen (secondary N) is 1. The average molecular weight is 284 g/mol. The molecule has 0 spiro atoms. The van der Waals surface area contributed by atoms with E-state index in [4.69, 9.17) is 0 Å². The molecule has 2 amide bonds. The predicted molar refractivity (Wildman–Crippen MR) is 78.0 cm³/mol. The van der Waals surface area contributed by atoms with Crippen molar-refractivity contribution in [1.29, 1.82) is 0 Å². The van der Waals surface area contributed by atoms with E-state index >= 15 is 0 Å². The summed E-state index contributed by atoms with van der Waals surface area (Å²) in [5, 5.41) is 2.89. The number of hydrogen-bond donors (Lipinski definition) is 1. The van der Waals surface area contributed by atoms with Crippen molar-refractivity contribution in [2.45, 2.75) is 58.7 Å². The van der Waals surface area contributed by atoms with E-state index in [2.05, 4.69) is 5.32 Å². The van der Waals surface area contributed by atoms with Gasteiger partial charge in [-0.25, -0.2) is 0 Å². The zero-order valence-corrected chi connectivity index (χ0v) is 13.0. The molecule has 19 heavy (non-hydrogen) atoms. The first-order valence-corrected chi connectivity index (χ1v) is 8.18. The molecule has 1 N–H and O–H groups in total. The summed E-state index contributed by atoms with van der Waals surface area (Å²) >= 11 is 1.89. The maximum atomic E-state index is 12.7. The second-order valence-corrected chi connectivity index (χ2v) is 7.75. The van der Waals surface area contributed by atoms with Gasteiger partial charge in [-0.05, 0) is 30.9 Å². The van der Waals surface area contributed by atoms with Gasteiger partial charge < -0.3 is 10.2 Å². The molecular weight excluding hydrogens is 260 g/mol. The third-order valence-electron chi connectivity index (χ3n) is 3.98. The van der Waals surface area contributed by atoms with Gasteiger partial charge in [0.1, 0.15) is 12.1 Å². The first kappa shape index (κ1) is 14.7. The molecule has 0 aromatic heterocycles. The van der Waals surface area contributed by atoms with E-state index in [-0.39, 0.29) is 29.3 Å². The Balaban J connectivity index is 2.23. The molecule has 0 aliphatic carbocycles. The third-order valence-corrected chi connectivity index (χ3v) is 5.18. The largest absolute Gasteiger partial charge is 0.342 e. The maximum absolute atomic E-state index is 12.7. The van der Waals surface area contributed by atoms with Crippen LogP contribution in [0.1, 0.15) is 40.5 Å². The smallest absolute Gasteiger partial charge is 0.246 e. The summed E-state index contributed by atoms with van der Waals surface area (Å²) in [6.07, 6.45) is 2.15. The van der Waals surface area contributed by atoms with Crippen molar-refractivity contribution >= 4 is 23.6 Å². The van der Waals surface area contributed by atoms with Gasteiger partial charge in [0.25, 0.3) is 0 Å². The molecule has 3 atom stereocenters. The lowest BCUT2D eigenvalue weighted by Gasteiger charge is -2.46. The van der Waals surface area contributed by atoms with Crippen molar-refractivity contribution in [3.63, 3.8) is 0 Å². The topological polar surface area (TPSA) is 49.4 Å². The van der Waals surface area contributed by atoms with E-state index in [0.29, 0.717) is 0 Å². The minimum atomic E-state index is -0.400. The number of amides is 2. The van der Waals surface area contributed by atoms with Crippen LogP contribution in [-0.2, 0) is 9.59 Å². The number of carbonyl (C=O) groups is 2. The first-order chi connectivity index (χ1) is 8.82. The summed E-state index contributed by atoms with van der Waals surface area (Å²) < 4.78 is 0. The lowest BCUT2D eigenvalue weighted by molar-refractivity contribution is -0.154. The highest BCUT2D eigenvalue weighted by atomic mass is 32.2. The number of hydrogen-bond acceptors (Lipinski definition) is 3. The Hall–Kier alpha value is -0.710. The SMILES string of the molecule is CC1C(=O)NC(C(C)(C)C)C(=O)N1C1CCCSC1. The quantitative estimate of drug-likeness (QED) is 0.796. The monoisotopic (exact) mass is 284 g/mol. The zero-order chi connectivity index (χ0) is 14.2. The average Bonchev–Trinajstić information content (AvgIpc) is 2.34. The molecule has 2 aliphatic heterocycles. The molecule has 0 saturated carbocycles. The molecule has 2 rings (SSSR count). The molecule has 108 valence electrons. The van der Waals surface area contributed by atoms with Crippen LogP contribution in [-0.4, -0.2) is 46.3 Å². The van der Waals surface area contributed by atoms with E-state index in [1.165, 1.54) is 5.75 Å². The Bertz CT molecular complexity index is 372. The lowest BCUT2D eigenvalue weighted by atomic mass is 9.83. The number of nitrogens with zero attached hydrogens (tertiary/aromatic N) is 1. The predicted octanol–water partition coefficient (Wildman–Crippen LogP) is 1.64. The van der Waals surface area contributed by atoms with Crippen LogP contribution in [0.25, 0.3) is 0 Å². The molecule has 0 radical (unpaired) electrons. The highest BCUT2D eigenvalue weighted by molar-refractivity contribution is 7.99. The van der Waals surface area contributed by atoms with Gasteiger partial charge in [-0.2, -0.15) is 11.8 Å². The van der Waals surface area contributed by atoms with Gasteiger partial charge in [-0.3, -0.25) is 9.59 Å². The molecule has 0 aromatic carbocycles. The second kappa shape index (κ2) is 5.35. The van der Waals surface area contributed by atoms with Crippen molar-refractivity contribution in [2.75, 3.05) is 11.5 Å². The summed E-state index contributed by atoms with van der Waals surface area (Å²) in [4.78, 5) is 26.7. The molecule has 0 aromatic rings. The molecule has 0 bridgehead atoms. The Morgan fingerprint density at radius 3 is 2.53 bits per heavy atom. The molecule has 2 saturated heterocycles. The standard InChI is InChI=1S/C14H24N2O2S/c1-9-12(17)15-11(14(2,3)4)13(18)16(9)10-6-5-7-19-8-10/h9-11H,5-8H2,1-4H3,(H,15,17). The summed E-state index contributed by atoms with van der Waals surface area (Å²) in [6.45, 7) is 7.84. The van der Waals surface area contributed by atoms with Crippen LogP contribution in [0.15, 0.2) is 0 Å². The van der Waals surface area contributed by atoms with Crippen LogP contribution in [0.2, 0.25) is 0 Å². The van der Waals surface area contributed by atoms with E-state index in [9.17, 15) is 9.59 Å². The van der Waals surface area contributed by atoms with Crippen molar-refractivity contribution in [2.24, 2.45) is 5.41 Å². The van der Waals surface area contributed by atoms with Crippen LogP contribution < -0.4 is 5.32 Å². The molecule has 4 nitrogen and oxygen atoms in total. The summed E-state index contributed by atoms with van der Waals surface area (Å²) in [7, 11) is 0. The second-order valence-electron chi connectivity index (χ2n) is 6.60. The highest BCUT2D eigenvalue weighted by Gasteiger charge is 2.45. The lowest BCUT2D eigenvalue weighted by Crippen LogP contribution is -2.68. The molecule has 3 unspecified atom stereocenters. The van der Waals surface area contributed by atoms with E-state index in [1.54, 1.807) is 0 Å². The fraction of sp³-hybridized carbons (Fsp3) is 0.857. The Kier molecular flexibility index (Phi) is 4.14. The Morgan fingerprint density at radius 1 is 1.32 bits per heavy atom. The fourth-order valence-corrected chi connectivity index (χ4v) is 3.95. The Labute approximate surface area is 119 Å². The maximum Gasteiger partial charge on any atom is 0.246 e. The van der Waals surface area contributed by atoms with Crippen LogP contribution in [0.3, 0.4) is 0 Å². The number of rotatable bonds is 1. The molecule has 2 heterocycles. The van der Waals surface area contributed by atoms with Gasteiger partial charge in [0.05, 0.1) is 0 Å². The van der Waals surface area contributed by atoms with Crippen LogP contribution in [0, 0.1) is 5.41 Å². The minimum Gasteiger partial charge on any atom is -0.342 e. The minimum absolute atomic E-state index is 0.0184. The third kappa shape index (κ3) is 2.91. The van der Waals surface area contributed by atoms with Gasteiger partial charge >= 0.3 is 0 Å². The molecular formula is C14H24N2O2S. The van der Waals surface area contributed by atoms with Gasteiger partial charge in [0.2, 0.25) is 11.8 Å². The summed E-state index contributed by atoms with van der Waals surface area (Å²) in [5.74, 6) is 2.20. The molecule has 2 fully saturated rings. The Morgan fingerprint density at radius 2 is 2.00 bits per heavy atom. The van der Waals surface area contributed by atoms with Crippen molar-refractivity contribution in [3.05, 3.63) is 0 Å². The summed E-state index contributed by atoms with van der Waals surface area (Å²) in [6, 6.07) is -0.518. The normalized spacial score (nSPS) is 33.3. The van der Waals surface area contributed by atoms with Crippen LogP contribution in [0.4, 0.5) is 0 Å². The summed E-state index contributed by atoms with van der Waals surface area (Å²) in [5.41, 5.74) is -0.243. The van der Waals surface area contributed by atoms with Crippen molar-refractivity contribution < 1.29 is 9.59 Å². The van der Waals surface area contributed by atoms with Crippen LogP contribution in [0.5, 0.6) is 0 Å².